The number of ether oxygens (including phenoxy) is 1. The van der Waals surface area contributed by atoms with E-state index in [2.05, 4.69) is 5.32 Å². The van der Waals surface area contributed by atoms with Crippen LogP contribution in [0.15, 0.2) is 41.3 Å². The third-order valence-electron chi connectivity index (χ3n) is 2.87. The van der Waals surface area contributed by atoms with Crippen LogP contribution in [-0.4, -0.2) is 38.1 Å². The third-order valence-corrected chi connectivity index (χ3v) is 5.02. The molecule has 132 valence electrons. The Labute approximate surface area is 146 Å². The molecular weight excluding hydrogens is 372 g/mol. The first-order valence-electron chi connectivity index (χ1n) is 6.68. The molecule has 0 bridgehead atoms. The fourth-order valence-corrected chi connectivity index (χ4v) is 3.07. The van der Waals surface area contributed by atoms with Gasteiger partial charge in [0.2, 0.25) is 0 Å². The van der Waals surface area contributed by atoms with E-state index in [0.29, 0.717) is 17.0 Å². The van der Waals surface area contributed by atoms with E-state index in [1.54, 1.807) is 0 Å². The van der Waals surface area contributed by atoms with E-state index in [1.165, 1.54) is 36.4 Å². The van der Waals surface area contributed by atoms with Crippen molar-refractivity contribution in [2.45, 2.75) is 4.90 Å². The summed E-state index contributed by atoms with van der Waals surface area (Å²) >= 11 is 0.646. The molecule has 2 rings (SSSR count). The highest BCUT2D eigenvalue weighted by atomic mass is 32.2. The average Bonchev–Trinajstić information content (AvgIpc) is 3.02. The molecule has 9 nitrogen and oxygen atoms in total. The van der Waals surface area contributed by atoms with Crippen LogP contribution in [0.2, 0.25) is 0 Å². The fraction of sp³-hybridized carbons (Fsp3) is 0.143. The second-order valence-electron chi connectivity index (χ2n) is 4.82. The molecule has 0 fully saturated rings. The topological polar surface area (TPSA) is 133 Å². The number of thiophene rings is 1. The first-order chi connectivity index (χ1) is 11.7. The molecule has 1 heterocycles. The van der Waals surface area contributed by atoms with Gasteiger partial charge in [0.25, 0.3) is 5.91 Å². The summed E-state index contributed by atoms with van der Waals surface area (Å²) in [5.41, 5.74) is 0.334. The second kappa shape index (κ2) is 7.40. The van der Waals surface area contributed by atoms with Crippen LogP contribution in [0.1, 0.15) is 9.67 Å². The van der Waals surface area contributed by atoms with Crippen LogP contribution < -0.4 is 5.32 Å². The summed E-state index contributed by atoms with van der Waals surface area (Å²) in [5, 5.41) is 12.8. The Kier molecular flexibility index (Phi) is 5.49. The number of benzene rings is 1. The van der Waals surface area contributed by atoms with E-state index in [9.17, 15) is 28.1 Å². The SMILES string of the molecule is CS(=O)(=O)c1ccc(NC(=O)COC(=O)c2ccc([N+](=O)[O-])s2)cc1. The number of esters is 1. The first kappa shape index (κ1) is 18.5. The predicted molar refractivity (Wildman–Crippen MR) is 89.4 cm³/mol. The molecule has 0 unspecified atom stereocenters. The first-order valence-corrected chi connectivity index (χ1v) is 9.39. The molecular formula is C14H12N2O7S2. The van der Waals surface area contributed by atoms with E-state index in [1.807, 2.05) is 0 Å². The minimum Gasteiger partial charge on any atom is -0.451 e. The Morgan fingerprint density at radius 1 is 1.20 bits per heavy atom. The third kappa shape index (κ3) is 5.09. The summed E-state index contributed by atoms with van der Waals surface area (Å²) in [6, 6.07) is 7.89. The van der Waals surface area contributed by atoms with Crippen molar-refractivity contribution < 1.29 is 27.7 Å². The molecule has 0 aliphatic rings. The van der Waals surface area contributed by atoms with E-state index < -0.39 is 33.2 Å². The van der Waals surface area contributed by atoms with Crippen molar-refractivity contribution in [1.29, 1.82) is 0 Å². The van der Waals surface area contributed by atoms with Crippen molar-refractivity contribution in [3.05, 3.63) is 51.4 Å². The molecule has 0 saturated heterocycles. The number of hydrogen-bond acceptors (Lipinski definition) is 8. The van der Waals surface area contributed by atoms with Crippen molar-refractivity contribution in [3.63, 3.8) is 0 Å². The quantitative estimate of drug-likeness (QED) is 0.456. The van der Waals surface area contributed by atoms with Crippen LogP contribution in [0.4, 0.5) is 10.7 Å². The van der Waals surface area contributed by atoms with E-state index in [4.69, 9.17) is 4.74 Å². The Morgan fingerprint density at radius 2 is 1.84 bits per heavy atom. The lowest BCUT2D eigenvalue weighted by Crippen LogP contribution is -2.20. The van der Waals surface area contributed by atoms with Gasteiger partial charge >= 0.3 is 11.0 Å². The van der Waals surface area contributed by atoms with E-state index in [-0.39, 0.29) is 14.8 Å². The van der Waals surface area contributed by atoms with Crippen LogP contribution in [-0.2, 0) is 19.4 Å². The maximum absolute atomic E-state index is 11.7. The lowest BCUT2D eigenvalue weighted by atomic mass is 10.3. The summed E-state index contributed by atoms with van der Waals surface area (Å²) < 4.78 is 27.4. The van der Waals surface area contributed by atoms with Gasteiger partial charge in [0, 0.05) is 18.0 Å². The highest BCUT2D eigenvalue weighted by Gasteiger charge is 2.17. The van der Waals surface area contributed by atoms with Gasteiger partial charge in [0.1, 0.15) is 4.88 Å². The fourth-order valence-electron chi connectivity index (χ4n) is 1.72. The number of sulfone groups is 1. The molecule has 0 aliphatic heterocycles. The largest absolute Gasteiger partial charge is 0.451 e. The number of nitrogens with one attached hydrogen (secondary N) is 1. The van der Waals surface area contributed by atoms with Crippen molar-refractivity contribution >= 4 is 43.7 Å². The number of nitro groups is 1. The molecule has 2 aromatic rings. The second-order valence-corrected chi connectivity index (χ2v) is 7.89. The summed E-state index contributed by atoms with van der Waals surface area (Å²) in [7, 11) is -3.33. The van der Waals surface area contributed by atoms with Gasteiger partial charge in [-0.3, -0.25) is 14.9 Å². The molecule has 1 amide bonds. The molecule has 0 atom stereocenters. The molecule has 11 heteroatoms. The zero-order valence-corrected chi connectivity index (χ0v) is 14.4. The van der Waals surface area contributed by atoms with E-state index >= 15 is 0 Å². The summed E-state index contributed by atoms with van der Waals surface area (Å²) in [6.45, 7) is -0.585. The maximum atomic E-state index is 11.7. The number of rotatable bonds is 6. The Balaban J connectivity index is 1.89. The van der Waals surface area contributed by atoms with Gasteiger partial charge in [0.15, 0.2) is 16.4 Å². The number of hydrogen-bond donors (Lipinski definition) is 1. The van der Waals surface area contributed by atoms with Gasteiger partial charge in [-0.05, 0) is 30.3 Å². The zero-order valence-electron chi connectivity index (χ0n) is 12.8. The summed E-state index contributed by atoms with van der Waals surface area (Å²) in [5.74, 6) is -1.48. The summed E-state index contributed by atoms with van der Waals surface area (Å²) in [4.78, 5) is 33.5. The van der Waals surface area contributed by atoms with Gasteiger partial charge in [-0.25, -0.2) is 13.2 Å². The molecule has 0 spiro atoms. The monoisotopic (exact) mass is 384 g/mol. The number of amides is 1. The highest BCUT2D eigenvalue weighted by molar-refractivity contribution is 7.90. The number of anilines is 1. The van der Waals surface area contributed by atoms with Crippen molar-refractivity contribution in [3.8, 4) is 0 Å². The van der Waals surface area contributed by atoms with Gasteiger partial charge in [-0.2, -0.15) is 0 Å². The van der Waals surface area contributed by atoms with E-state index in [0.717, 1.165) is 6.26 Å². The van der Waals surface area contributed by atoms with Crippen molar-refractivity contribution in [2.24, 2.45) is 0 Å². The Bertz CT molecular complexity index is 917. The molecule has 25 heavy (non-hydrogen) atoms. The molecule has 1 N–H and O–H groups in total. The minimum atomic E-state index is -3.33. The van der Waals surface area contributed by atoms with Gasteiger partial charge in [0.05, 0.1) is 9.82 Å². The molecule has 1 aromatic carbocycles. The van der Waals surface area contributed by atoms with Crippen LogP contribution >= 0.6 is 11.3 Å². The number of carbonyl (C=O) groups is 2. The van der Waals surface area contributed by atoms with Crippen molar-refractivity contribution in [2.75, 3.05) is 18.2 Å². The highest BCUT2D eigenvalue weighted by Crippen LogP contribution is 2.24. The van der Waals surface area contributed by atoms with Gasteiger partial charge in [-0.1, -0.05) is 11.3 Å². The van der Waals surface area contributed by atoms with Crippen LogP contribution in [0.5, 0.6) is 0 Å². The van der Waals surface area contributed by atoms with Gasteiger partial charge < -0.3 is 10.1 Å². The standard InChI is InChI=1S/C14H12N2O7S2/c1-25(21,22)10-4-2-9(3-5-10)15-12(17)8-23-14(18)11-6-7-13(24-11)16(19)20/h2-7H,8H2,1H3,(H,15,17). The Morgan fingerprint density at radius 3 is 2.36 bits per heavy atom. The van der Waals surface area contributed by atoms with Crippen LogP contribution in [0.3, 0.4) is 0 Å². The zero-order chi connectivity index (χ0) is 18.6. The number of nitrogens with zero attached hydrogens (tertiary/aromatic N) is 1. The normalized spacial score (nSPS) is 10.9. The average molecular weight is 384 g/mol. The predicted octanol–water partition coefficient (Wildman–Crippen LogP) is 1.86. The maximum Gasteiger partial charge on any atom is 0.349 e. The lowest BCUT2D eigenvalue weighted by Gasteiger charge is -2.06. The molecule has 0 saturated carbocycles. The summed E-state index contributed by atoms with van der Waals surface area (Å²) in [6.07, 6.45) is 1.06. The lowest BCUT2D eigenvalue weighted by molar-refractivity contribution is -0.380. The van der Waals surface area contributed by atoms with Crippen LogP contribution in [0, 0.1) is 10.1 Å². The smallest absolute Gasteiger partial charge is 0.349 e. The Hall–Kier alpha value is -2.79. The molecule has 0 radical (unpaired) electrons. The molecule has 0 aliphatic carbocycles. The minimum absolute atomic E-state index is 0.0111. The number of carbonyl (C=O) groups excluding carboxylic acids is 2. The van der Waals surface area contributed by atoms with Crippen molar-refractivity contribution in [1.82, 2.24) is 0 Å². The van der Waals surface area contributed by atoms with Gasteiger partial charge in [-0.15, -0.1) is 0 Å². The van der Waals surface area contributed by atoms with Crippen LogP contribution in [0.25, 0.3) is 0 Å². The molecule has 1 aromatic heterocycles.